The molecule has 138 valence electrons. The largest absolute Gasteiger partial charge is 0.494 e. The Bertz CT molecular complexity index is 1200. The van der Waals surface area contributed by atoms with Crippen LogP contribution in [0.15, 0.2) is 77.8 Å². The maximum atomic E-state index is 11.1. The van der Waals surface area contributed by atoms with E-state index in [0.29, 0.717) is 27.5 Å². The molecule has 1 aromatic heterocycles. The Morgan fingerprint density at radius 1 is 0.929 bits per heavy atom. The van der Waals surface area contributed by atoms with Gasteiger partial charge in [-0.15, -0.1) is 0 Å². The van der Waals surface area contributed by atoms with Crippen LogP contribution in [0, 0.1) is 0 Å². The van der Waals surface area contributed by atoms with Crippen LogP contribution in [0.4, 0.5) is 5.69 Å². The number of rotatable bonds is 4. The second-order valence-corrected chi connectivity index (χ2v) is 6.65. The van der Waals surface area contributed by atoms with Gasteiger partial charge in [-0.1, -0.05) is 48.0 Å². The maximum Gasteiger partial charge on any atom is 0.335 e. The molecule has 0 unspecified atom stereocenters. The quantitative estimate of drug-likeness (QED) is 0.408. The number of nitrogens with zero attached hydrogens (tertiary/aromatic N) is 1. The average molecular weight is 391 g/mol. The predicted molar refractivity (Wildman–Crippen MR) is 110 cm³/mol. The Hall–Kier alpha value is -3.57. The van der Waals surface area contributed by atoms with E-state index in [1.165, 1.54) is 12.1 Å². The number of hydrogen-bond donors (Lipinski definition) is 3. The van der Waals surface area contributed by atoms with Gasteiger partial charge in [0, 0.05) is 16.0 Å². The summed E-state index contributed by atoms with van der Waals surface area (Å²) < 4.78 is 0. The summed E-state index contributed by atoms with van der Waals surface area (Å²) in [6, 6.07) is 21.1. The number of aromatic nitrogens is 1. The molecule has 6 heteroatoms. The molecule has 3 aromatic carbocycles. The Morgan fingerprint density at radius 3 is 2.32 bits per heavy atom. The van der Waals surface area contributed by atoms with E-state index in [1.54, 1.807) is 24.3 Å². The van der Waals surface area contributed by atoms with Crippen molar-refractivity contribution >= 4 is 39.9 Å². The molecule has 0 radical (unpaired) electrons. The van der Waals surface area contributed by atoms with Gasteiger partial charge in [0.15, 0.2) is 5.88 Å². The minimum atomic E-state index is -0.995. The van der Waals surface area contributed by atoms with Gasteiger partial charge in [-0.25, -0.2) is 9.79 Å². The summed E-state index contributed by atoms with van der Waals surface area (Å²) in [4.78, 5) is 18.7. The number of nitrogens with one attached hydrogen (secondary N) is 1. The number of aromatic hydroxyl groups is 1. The summed E-state index contributed by atoms with van der Waals surface area (Å²) in [5, 5.41) is 21.0. The number of fused-ring (bicyclic) bond motifs is 1. The van der Waals surface area contributed by atoms with Gasteiger partial charge >= 0.3 is 5.97 Å². The Morgan fingerprint density at radius 2 is 1.64 bits per heavy atom. The minimum Gasteiger partial charge on any atom is -0.494 e. The molecule has 28 heavy (non-hydrogen) atoms. The molecule has 0 spiro atoms. The zero-order chi connectivity index (χ0) is 19.7. The number of aromatic amines is 1. The lowest BCUT2D eigenvalue weighted by Crippen LogP contribution is -2.03. The zero-order valence-electron chi connectivity index (χ0n) is 14.6. The van der Waals surface area contributed by atoms with Gasteiger partial charge < -0.3 is 15.2 Å². The summed E-state index contributed by atoms with van der Waals surface area (Å²) in [6.07, 6.45) is 0. The van der Waals surface area contributed by atoms with Crippen molar-refractivity contribution in [1.29, 1.82) is 0 Å². The fourth-order valence-electron chi connectivity index (χ4n) is 3.06. The Balaban J connectivity index is 1.93. The van der Waals surface area contributed by atoms with Gasteiger partial charge in [-0.2, -0.15) is 0 Å². The molecule has 0 aliphatic heterocycles. The van der Waals surface area contributed by atoms with E-state index in [2.05, 4.69) is 4.98 Å². The minimum absolute atomic E-state index is 0.0120. The summed E-state index contributed by atoms with van der Waals surface area (Å²) in [7, 11) is 0. The number of carboxylic acids is 1. The van der Waals surface area contributed by atoms with Gasteiger partial charge in [-0.05, 0) is 36.4 Å². The third-order valence-electron chi connectivity index (χ3n) is 4.38. The van der Waals surface area contributed by atoms with E-state index in [9.17, 15) is 9.90 Å². The van der Waals surface area contributed by atoms with E-state index in [4.69, 9.17) is 21.7 Å². The molecule has 0 bridgehead atoms. The van der Waals surface area contributed by atoms with Crippen molar-refractivity contribution in [2.24, 2.45) is 4.99 Å². The van der Waals surface area contributed by atoms with Crippen molar-refractivity contribution < 1.29 is 15.0 Å². The van der Waals surface area contributed by atoms with Crippen LogP contribution in [0.25, 0.3) is 10.9 Å². The third-order valence-corrected chi connectivity index (χ3v) is 4.62. The summed E-state index contributed by atoms with van der Waals surface area (Å²) in [6.45, 7) is 0. The highest BCUT2D eigenvalue weighted by Gasteiger charge is 2.18. The number of hydrogen-bond acceptors (Lipinski definition) is 3. The van der Waals surface area contributed by atoms with Crippen molar-refractivity contribution in [1.82, 2.24) is 4.98 Å². The molecule has 4 rings (SSSR count). The lowest BCUT2D eigenvalue weighted by molar-refractivity contribution is 0.0697. The van der Waals surface area contributed by atoms with E-state index in [0.717, 1.165) is 10.9 Å². The van der Waals surface area contributed by atoms with Crippen LogP contribution in [0.1, 0.15) is 21.5 Å². The highest BCUT2D eigenvalue weighted by molar-refractivity contribution is 6.31. The topological polar surface area (TPSA) is 85.7 Å². The molecule has 1 heterocycles. The van der Waals surface area contributed by atoms with Crippen molar-refractivity contribution in [3.63, 3.8) is 0 Å². The van der Waals surface area contributed by atoms with Gasteiger partial charge in [0.25, 0.3) is 0 Å². The summed E-state index contributed by atoms with van der Waals surface area (Å²) >= 11 is 6.07. The second kappa shape index (κ2) is 7.21. The Labute approximate surface area is 165 Å². The molecule has 0 saturated carbocycles. The van der Waals surface area contributed by atoms with Crippen molar-refractivity contribution in [3.05, 3.63) is 94.5 Å². The molecular formula is C22H15ClN2O3. The smallest absolute Gasteiger partial charge is 0.335 e. The third kappa shape index (κ3) is 3.35. The molecular weight excluding hydrogens is 376 g/mol. The zero-order valence-corrected chi connectivity index (χ0v) is 15.3. The van der Waals surface area contributed by atoms with E-state index >= 15 is 0 Å². The number of aromatic carboxylic acids is 1. The highest BCUT2D eigenvalue weighted by atomic mass is 35.5. The number of aliphatic imine (C=N–C) groups is 1. The second-order valence-electron chi connectivity index (χ2n) is 6.22. The molecule has 5 nitrogen and oxygen atoms in total. The van der Waals surface area contributed by atoms with Crippen molar-refractivity contribution in [2.75, 3.05) is 0 Å². The van der Waals surface area contributed by atoms with Crippen molar-refractivity contribution in [3.8, 4) is 5.88 Å². The average Bonchev–Trinajstić information content (AvgIpc) is 3.01. The van der Waals surface area contributed by atoms with Gasteiger partial charge in [0.05, 0.1) is 28.0 Å². The predicted octanol–water partition coefficient (Wildman–Crippen LogP) is 5.39. The monoisotopic (exact) mass is 390 g/mol. The number of carbonyl (C=O) groups is 1. The first-order chi connectivity index (χ1) is 13.5. The number of halogens is 1. The molecule has 0 fully saturated rings. The van der Waals surface area contributed by atoms with Crippen LogP contribution in [-0.4, -0.2) is 26.9 Å². The number of carboxylic acid groups (broad SMARTS) is 1. The molecule has 0 aliphatic rings. The lowest BCUT2D eigenvalue weighted by Gasteiger charge is -2.08. The first-order valence-corrected chi connectivity index (χ1v) is 8.89. The van der Waals surface area contributed by atoms with Gasteiger partial charge in [-0.3, -0.25) is 0 Å². The van der Waals surface area contributed by atoms with E-state index in [-0.39, 0.29) is 11.4 Å². The molecule has 0 saturated heterocycles. The molecule has 0 amide bonds. The lowest BCUT2D eigenvalue weighted by atomic mass is 10.0. The molecule has 3 N–H and O–H groups in total. The molecule has 0 atom stereocenters. The first-order valence-electron chi connectivity index (χ1n) is 8.51. The standard InChI is InChI=1S/C22H15ClN2O3/c23-15-8-11-17-18(12-15)25-21(26)19(17)20(13-4-2-1-3-5-13)24-16-9-6-14(7-10-16)22(27)28/h1-12,25-26H,(H,27,28). The van der Waals surface area contributed by atoms with Gasteiger partial charge in [0.2, 0.25) is 0 Å². The maximum absolute atomic E-state index is 11.1. The fourth-order valence-corrected chi connectivity index (χ4v) is 3.24. The SMILES string of the molecule is O=C(O)c1ccc(N=C(c2ccccc2)c2c(O)[nH]c3cc(Cl)ccc23)cc1. The van der Waals surface area contributed by atoms with Crippen LogP contribution < -0.4 is 0 Å². The normalized spacial score (nSPS) is 11.7. The van der Waals surface area contributed by atoms with Crippen LogP contribution >= 0.6 is 11.6 Å². The number of H-pyrrole nitrogens is 1. The summed E-state index contributed by atoms with van der Waals surface area (Å²) in [5.41, 5.74) is 3.40. The van der Waals surface area contributed by atoms with Crippen LogP contribution in [-0.2, 0) is 0 Å². The van der Waals surface area contributed by atoms with Gasteiger partial charge in [0.1, 0.15) is 0 Å². The van der Waals surface area contributed by atoms with Crippen LogP contribution in [0.3, 0.4) is 0 Å². The van der Waals surface area contributed by atoms with E-state index in [1.807, 2.05) is 36.4 Å². The van der Waals surface area contributed by atoms with Crippen LogP contribution in [0.2, 0.25) is 5.02 Å². The fraction of sp³-hybridized carbons (Fsp3) is 0. The molecule has 0 aliphatic carbocycles. The van der Waals surface area contributed by atoms with Crippen LogP contribution in [0.5, 0.6) is 5.88 Å². The summed E-state index contributed by atoms with van der Waals surface area (Å²) in [5.74, 6) is -1.01. The van der Waals surface area contributed by atoms with Crippen molar-refractivity contribution in [2.45, 2.75) is 0 Å². The molecule has 4 aromatic rings. The number of benzene rings is 3. The van der Waals surface area contributed by atoms with E-state index < -0.39 is 5.97 Å². The first kappa shape index (κ1) is 17.8. The highest BCUT2D eigenvalue weighted by Crippen LogP contribution is 2.32. The Kier molecular flexibility index (Phi) is 4.59.